The van der Waals surface area contributed by atoms with Crippen molar-refractivity contribution >= 4 is 15.7 Å². The maximum absolute atomic E-state index is 15.6. The number of sulfone groups is 1. The topological polar surface area (TPSA) is 84.9 Å². The molecule has 9 heteroatoms. The van der Waals surface area contributed by atoms with Gasteiger partial charge in [-0.25, -0.2) is 12.8 Å². The van der Waals surface area contributed by atoms with Crippen molar-refractivity contribution < 1.29 is 27.1 Å². The van der Waals surface area contributed by atoms with Crippen molar-refractivity contribution in [1.82, 2.24) is 10.2 Å². The number of ether oxygens (including phenoxy) is 2. The number of halogens is 1. The summed E-state index contributed by atoms with van der Waals surface area (Å²) in [4.78, 5) is 16.2. The quantitative estimate of drug-likeness (QED) is 0.311. The lowest BCUT2D eigenvalue weighted by Gasteiger charge is -2.38. The van der Waals surface area contributed by atoms with E-state index in [0.717, 1.165) is 43.5 Å². The molecule has 0 spiro atoms. The first kappa shape index (κ1) is 32.4. The lowest BCUT2D eigenvalue weighted by molar-refractivity contribution is 0.0572. The molecule has 42 heavy (non-hydrogen) atoms. The fraction of sp³-hybridized carbons (Fsp3) is 0.606. The molecule has 1 unspecified atom stereocenters. The zero-order valence-corrected chi connectivity index (χ0v) is 26.4. The molecule has 1 amide bonds. The van der Waals surface area contributed by atoms with E-state index in [9.17, 15) is 13.2 Å². The summed E-state index contributed by atoms with van der Waals surface area (Å²) in [6, 6.07) is 8.98. The largest absolute Gasteiger partial charge is 0.493 e. The van der Waals surface area contributed by atoms with Crippen LogP contribution in [0.3, 0.4) is 0 Å². The number of hydrogen-bond acceptors (Lipinski definition) is 6. The molecule has 2 aliphatic heterocycles. The van der Waals surface area contributed by atoms with E-state index in [0.29, 0.717) is 61.3 Å². The molecule has 0 aliphatic carbocycles. The first-order chi connectivity index (χ1) is 20.1. The third-order valence-corrected chi connectivity index (χ3v) is 10.2. The summed E-state index contributed by atoms with van der Waals surface area (Å²) in [5.74, 6) is 0.438. The second-order valence-corrected chi connectivity index (χ2v) is 14.2. The molecule has 2 fully saturated rings. The SMILES string of the molecule is CCCc1cc(-c2cc(C3CCS(=O)(=O)CC3)ccc2F)c(OCCCOC)cc1C(=O)N(C(C)C)C1CCCNC1. The van der Waals surface area contributed by atoms with Gasteiger partial charge >= 0.3 is 0 Å². The molecule has 1 N–H and O–H groups in total. The van der Waals surface area contributed by atoms with Crippen molar-refractivity contribution in [2.24, 2.45) is 0 Å². The van der Waals surface area contributed by atoms with Crippen LogP contribution in [0, 0.1) is 5.82 Å². The Hall–Kier alpha value is -2.49. The van der Waals surface area contributed by atoms with Gasteiger partial charge in [0.1, 0.15) is 21.4 Å². The minimum absolute atomic E-state index is 0.0203. The fourth-order valence-corrected chi connectivity index (χ4v) is 7.77. The van der Waals surface area contributed by atoms with E-state index >= 15 is 4.39 Å². The van der Waals surface area contributed by atoms with Crippen LogP contribution in [0.15, 0.2) is 30.3 Å². The molecule has 2 aliphatic rings. The van der Waals surface area contributed by atoms with Crippen LogP contribution in [0.4, 0.5) is 4.39 Å². The van der Waals surface area contributed by atoms with Gasteiger partial charge in [-0.15, -0.1) is 0 Å². The Kier molecular flexibility index (Phi) is 11.4. The van der Waals surface area contributed by atoms with Gasteiger partial charge < -0.3 is 19.7 Å². The van der Waals surface area contributed by atoms with Crippen molar-refractivity contribution in [3.05, 3.63) is 52.8 Å². The molecule has 0 saturated carbocycles. The molecule has 0 radical (unpaired) electrons. The van der Waals surface area contributed by atoms with Gasteiger partial charge in [0.25, 0.3) is 5.91 Å². The highest BCUT2D eigenvalue weighted by molar-refractivity contribution is 7.91. The van der Waals surface area contributed by atoms with Crippen LogP contribution < -0.4 is 10.1 Å². The number of carbonyl (C=O) groups is 1. The Bertz CT molecular complexity index is 1310. The van der Waals surface area contributed by atoms with Gasteiger partial charge in [-0.1, -0.05) is 19.4 Å². The van der Waals surface area contributed by atoms with E-state index < -0.39 is 9.84 Å². The molecule has 2 saturated heterocycles. The summed E-state index contributed by atoms with van der Waals surface area (Å²) >= 11 is 0. The molecule has 7 nitrogen and oxygen atoms in total. The van der Waals surface area contributed by atoms with Gasteiger partial charge in [-0.2, -0.15) is 0 Å². The van der Waals surface area contributed by atoms with E-state index in [1.165, 1.54) is 6.07 Å². The van der Waals surface area contributed by atoms with Gasteiger partial charge in [-0.3, -0.25) is 4.79 Å². The van der Waals surface area contributed by atoms with Crippen LogP contribution in [-0.4, -0.2) is 76.2 Å². The van der Waals surface area contributed by atoms with Crippen LogP contribution in [0.1, 0.15) is 86.7 Å². The Labute approximate surface area is 251 Å². The van der Waals surface area contributed by atoms with Crippen LogP contribution in [0.5, 0.6) is 5.75 Å². The number of methoxy groups -OCH3 is 1. The molecule has 2 aromatic rings. The third kappa shape index (κ3) is 7.91. The van der Waals surface area contributed by atoms with Crippen LogP contribution in [0.25, 0.3) is 11.1 Å². The van der Waals surface area contributed by atoms with Gasteiger partial charge in [-0.05, 0) is 93.8 Å². The smallest absolute Gasteiger partial charge is 0.254 e. The molecule has 2 aromatic carbocycles. The summed E-state index contributed by atoms with van der Waals surface area (Å²) in [5.41, 5.74) is 3.45. The summed E-state index contributed by atoms with van der Waals surface area (Å²) < 4.78 is 51.1. The maximum Gasteiger partial charge on any atom is 0.254 e. The van der Waals surface area contributed by atoms with E-state index in [1.807, 2.05) is 23.1 Å². The fourth-order valence-electron chi connectivity index (χ4n) is 6.27. The van der Waals surface area contributed by atoms with E-state index in [-0.39, 0.29) is 41.2 Å². The number of benzene rings is 2. The highest BCUT2D eigenvalue weighted by Gasteiger charge is 2.31. The first-order valence-corrected chi connectivity index (χ1v) is 17.3. The summed E-state index contributed by atoms with van der Waals surface area (Å²) in [7, 11) is -1.37. The predicted octanol–water partition coefficient (Wildman–Crippen LogP) is 5.76. The molecule has 232 valence electrons. The average Bonchev–Trinajstić information content (AvgIpc) is 2.96. The zero-order valence-electron chi connectivity index (χ0n) is 25.6. The van der Waals surface area contributed by atoms with Gasteiger partial charge in [0.05, 0.1) is 18.1 Å². The third-order valence-electron chi connectivity index (χ3n) is 8.47. The minimum Gasteiger partial charge on any atom is -0.493 e. The number of nitrogens with one attached hydrogen (secondary N) is 1. The Morgan fingerprint density at radius 1 is 1.10 bits per heavy atom. The lowest BCUT2D eigenvalue weighted by Crippen LogP contribution is -2.51. The van der Waals surface area contributed by atoms with Crippen molar-refractivity contribution in [2.75, 3.05) is 44.9 Å². The molecular weight excluding hydrogens is 555 g/mol. The van der Waals surface area contributed by atoms with E-state index in [2.05, 4.69) is 26.1 Å². The van der Waals surface area contributed by atoms with Gasteiger partial charge in [0, 0.05) is 55.5 Å². The van der Waals surface area contributed by atoms with Crippen molar-refractivity contribution in [3.8, 4) is 16.9 Å². The number of aryl methyl sites for hydroxylation is 1. The Morgan fingerprint density at radius 3 is 2.50 bits per heavy atom. The molecule has 0 bridgehead atoms. The average molecular weight is 603 g/mol. The van der Waals surface area contributed by atoms with Crippen molar-refractivity contribution in [3.63, 3.8) is 0 Å². The van der Waals surface area contributed by atoms with Crippen LogP contribution in [0.2, 0.25) is 0 Å². The maximum atomic E-state index is 15.6. The highest BCUT2D eigenvalue weighted by atomic mass is 32.2. The minimum atomic E-state index is -3.01. The Balaban J connectivity index is 1.78. The zero-order chi connectivity index (χ0) is 30.3. The Morgan fingerprint density at radius 2 is 1.86 bits per heavy atom. The summed E-state index contributed by atoms with van der Waals surface area (Å²) in [6.07, 6.45) is 5.21. The normalized spacial score (nSPS) is 19.1. The number of carbonyl (C=O) groups excluding carboxylic acids is 1. The number of amides is 1. The molecule has 2 heterocycles. The van der Waals surface area contributed by atoms with E-state index in [4.69, 9.17) is 9.47 Å². The standard InChI is InChI=1S/C33H47FN2O5S/c1-5-8-26-20-30(29-19-25(10-11-31(29)34)24-12-17-42(38,39)18-13-24)32(41-16-7-15-40-4)21-28(26)33(37)36(23(2)3)27-9-6-14-35-22-27/h10-11,19-21,23-24,27,35H,5-9,12-18,22H2,1-4H3. The van der Waals surface area contributed by atoms with Crippen LogP contribution >= 0.6 is 0 Å². The summed E-state index contributed by atoms with van der Waals surface area (Å²) in [6.45, 7) is 8.81. The molecule has 0 aromatic heterocycles. The van der Waals surface area contributed by atoms with Crippen molar-refractivity contribution in [2.45, 2.75) is 83.7 Å². The monoisotopic (exact) mass is 602 g/mol. The van der Waals surface area contributed by atoms with Crippen LogP contribution in [-0.2, 0) is 21.0 Å². The van der Waals surface area contributed by atoms with E-state index in [1.54, 1.807) is 13.2 Å². The van der Waals surface area contributed by atoms with Gasteiger partial charge in [0.15, 0.2) is 0 Å². The predicted molar refractivity (Wildman–Crippen MR) is 166 cm³/mol. The highest BCUT2D eigenvalue weighted by Crippen LogP contribution is 2.39. The number of hydrogen-bond donors (Lipinski definition) is 1. The van der Waals surface area contributed by atoms with Crippen molar-refractivity contribution in [1.29, 1.82) is 0 Å². The number of rotatable bonds is 12. The number of piperidine rings is 1. The molecular formula is C33H47FN2O5S. The lowest BCUT2D eigenvalue weighted by atomic mass is 9.89. The summed E-state index contributed by atoms with van der Waals surface area (Å²) in [5, 5.41) is 3.44. The second-order valence-electron chi connectivity index (χ2n) is 11.9. The first-order valence-electron chi connectivity index (χ1n) is 15.5. The molecule has 1 atom stereocenters. The second kappa shape index (κ2) is 14.8. The number of nitrogens with zero attached hydrogens (tertiary/aromatic N) is 1. The van der Waals surface area contributed by atoms with Gasteiger partial charge in [0.2, 0.25) is 0 Å². The molecule has 4 rings (SSSR count).